The van der Waals surface area contributed by atoms with E-state index in [1.807, 2.05) is 30.3 Å². The molecular weight excluding hydrogens is 398 g/mol. The molecule has 4 rings (SSSR count). The highest BCUT2D eigenvalue weighted by Gasteiger charge is 2.50. The van der Waals surface area contributed by atoms with Gasteiger partial charge in [0.15, 0.2) is 6.29 Å². The summed E-state index contributed by atoms with van der Waals surface area (Å²) in [7, 11) is 0. The van der Waals surface area contributed by atoms with Gasteiger partial charge in [-0.05, 0) is 24.3 Å². The number of nitrogens with one attached hydrogen (secondary N) is 1. The van der Waals surface area contributed by atoms with Crippen molar-refractivity contribution in [2.45, 2.75) is 43.9 Å². The molecule has 2 aromatic rings. The van der Waals surface area contributed by atoms with Crippen molar-refractivity contribution in [3.05, 3.63) is 65.2 Å². The predicted octanol–water partition coefficient (Wildman–Crippen LogP) is 2.42. The number of aliphatic hydroxyl groups excluding tert-OH is 1. The maximum absolute atomic E-state index is 11.7. The zero-order valence-electron chi connectivity index (χ0n) is 15.7. The van der Waals surface area contributed by atoms with Crippen LogP contribution in [-0.4, -0.2) is 48.3 Å². The summed E-state index contributed by atoms with van der Waals surface area (Å²) in [6.07, 6.45) is -3.83. The molecule has 2 aliphatic heterocycles. The molecule has 2 aromatic carbocycles. The summed E-state index contributed by atoms with van der Waals surface area (Å²) in [5.74, 6) is 0.188. The molecular formula is C21H22ClNO6. The van der Waals surface area contributed by atoms with E-state index in [4.69, 9.17) is 30.5 Å². The van der Waals surface area contributed by atoms with Crippen molar-refractivity contribution >= 4 is 17.5 Å². The Balaban J connectivity index is 1.53. The lowest BCUT2D eigenvalue weighted by molar-refractivity contribution is -0.333. The number of carbonyl (C=O) groups is 1. The molecule has 0 saturated carbocycles. The number of halogens is 1. The van der Waals surface area contributed by atoms with E-state index in [9.17, 15) is 9.90 Å². The molecule has 8 heteroatoms. The van der Waals surface area contributed by atoms with Crippen LogP contribution in [-0.2, 0) is 19.0 Å². The Hall–Kier alpha value is -2.16. The van der Waals surface area contributed by atoms with Gasteiger partial charge in [0.25, 0.3) is 0 Å². The van der Waals surface area contributed by atoms with Gasteiger partial charge in [-0.25, -0.2) is 0 Å². The van der Waals surface area contributed by atoms with E-state index in [0.717, 1.165) is 5.56 Å². The van der Waals surface area contributed by atoms with Crippen molar-refractivity contribution in [1.82, 2.24) is 5.32 Å². The number of hydrogen-bond acceptors (Lipinski definition) is 6. The molecule has 0 radical (unpaired) electrons. The zero-order valence-corrected chi connectivity index (χ0v) is 16.5. The Morgan fingerprint density at radius 1 is 1.14 bits per heavy atom. The van der Waals surface area contributed by atoms with Gasteiger partial charge in [0, 0.05) is 17.5 Å². The number of aliphatic hydroxyl groups is 1. The number of benzene rings is 2. The summed E-state index contributed by atoms with van der Waals surface area (Å²) in [6.45, 7) is 1.59. The molecule has 29 heavy (non-hydrogen) atoms. The molecule has 2 N–H and O–H groups in total. The summed E-state index contributed by atoms with van der Waals surface area (Å²) in [4.78, 5) is 11.7. The largest absolute Gasteiger partial charge is 0.463 e. The second-order valence-electron chi connectivity index (χ2n) is 7.01. The van der Waals surface area contributed by atoms with Crippen molar-refractivity contribution < 1.29 is 28.8 Å². The molecule has 0 spiro atoms. The van der Waals surface area contributed by atoms with Crippen molar-refractivity contribution in [2.75, 3.05) is 6.61 Å². The minimum atomic E-state index is -1.05. The van der Waals surface area contributed by atoms with Crippen LogP contribution in [0.3, 0.4) is 0 Å². The summed E-state index contributed by atoms with van der Waals surface area (Å²) >= 11 is 5.91. The zero-order chi connectivity index (χ0) is 20.4. The minimum absolute atomic E-state index is 0.217. The van der Waals surface area contributed by atoms with Gasteiger partial charge >= 0.3 is 0 Å². The van der Waals surface area contributed by atoms with E-state index in [1.54, 1.807) is 24.3 Å². The van der Waals surface area contributed by atoms with Gasteiger partial charge in [0.2, 0.25) is 12.2 Å². The van der Waals surface area contributed by atoms with E-state index < -0.39 is 36.9 Å². The second-order valence-corrected chi connectivity index (χ2v) is 7.44. The second kappa shape index (κ2) is 8.69. The maximum Gasteiger partial charge on any atom is 0.223 e. The Kier molecular flexibility index (Phi) is 6.03. The molecule has 2 aliphatic rings. The average molecular weight is 420 g/mol. The lowest BCUT2D eigenvalue weighted by Gasteiger charge is -2.47. The van der Waals surface area contributed by atoms with Gasteiger partial charge in [-0.15, -0.1) is 0 Å². The van der Waals surface area contributed by atoms with Gasteiger partial charge in [0.05, 0.1) is 6.61 Å². The number of ether oxygens (including phenoxy) is 4. The molecule has 0 unspecified atom stereocenters. The highest BCUT2D eigenvalue weighted by Crippen LogP contribution is 2.34. The van der Waals surface area contributed by atoms with E-state index in [-0.39, 0.29) is 12.5 Å². The Morgan fingerprint density at radius 3 is 2.55 bits per heavy atom. The van der Waals surface area contributed by atoms with Crippen molar-refractivity contribution in [3.8, 4) is 5.75 Å². The SMILES string of the molecule is CC(=O)N[C@@H]1[C@H](Oc2ccc(Cl)cc2)O[C@@H]2CO[C@H](c3ccccc3)O[C@H]2[C@@H]1O. The van der Waals surface area contributed by atoms with Crippen molar-refractivity contribution in [2.24, 2.45) is 0 Å². The van der Waals surface area contributed by atoms with Crippen molar-refractivity contribution in [3.63, 3.8) is 0 Å². The number of carbonyl (C=O) groups excluding carboxylic acids is 1. The number of rotatable bonds is 4. The highest BCUT2D eigenvalue weighted by atomic mass is 35.5. The summed E-state index contributed by atoms with van der Waals surface area (Å²) in [6, 6.07) is 15.4. The van der Waals surface area contributed by atoms with Crippen LogP contribution in [0, 0.1) is 0 Å². The minimum Gasteiger partial charge on any atom is -0.463 e. The van der Waals surface area contributed by atoms with E-state index in [0.29, 0.717) is 10.8 Å². The molecule has 0 bridgehead atoms. The number of fused-ring (bicyclic) bond motifs is 1. The first-order chi connectivity index (χ1) is 14.0. The first-order valence-corrected chi connectivity index (χ1v) is 9.74. The first-order valence-electron chi connectivity index (χ1n) is 9.36. The summed E-state index contributed by atoms with van der Waals surface area (Å²) in [5.41, 5.74) is 0.841. The van der Waals surface area contributed by atoms with E-state index in [2.05, 4.69) is 5.32 Å². The first kappa shape index (κ1) is 20.1. The fraction of sp³-hybridized carbons (Fsp3) is 0.381. The molecule has 7 nitrogen and oxygen atoms in total. The van der Waals surface area contributed by atoms with Crippen LogP contribution in [0.4, 0.5) is 0 Å². The standard InChI is InChI=1S/C21H22ClNO6/c1-12(24)23-17-18(25)19-16(11-26-20(29-19)13-5-3-2-4-6-13)28-21(17)27-15-9-7-14(22)8-10-15/h2-10,16-21,25H,11H2,1H3,(H,23,24)/t16-,17+,18-,19-,20+,21-/m1/s1. The van der Waals surface area contributed by atoms with E-state index in [1.165, 1.54) is 6.92 Å². The normalized spacial score (nSPS) is 31.6. The lowest BCUT2D eigenvalue weighted by Crippen LogP contribution is -2.67. The monoisotopic (exact) mass is 419 g/mol. The van der Waals surface area contributed by atoms with Crippen LogP contribution in [0.5, 0.6) is 5.75 Å². The van der Waals surface area contributed by atoms with Gasteiger partial charge < -0.3 is 29.4 Å². The Bertz CT molecular complexity index is 833. The van der Waals surface area contributed by atoms with Crippen LogP contribution in [0.2, 0.25) is 5.02 Å². The smallest absolute Gasteiger partial charge is 0.223 e. The lowest BCUT2D eigenvalue weighted by atomic mass is 9.95. The topological polar surface area (TPSA) is 86.3 Å². The quantitative estimate of drug-likeness (QED) is 0.791. The van der Waals surface area contributed by atoms with Crippen LogP contribution < -0.4 is 10.1 Å². The maximum atomic E-state index is 11.7. The van der Waals surface area contributed by atoms with Gasteiger partial charge in [0.1, 0.15) is 30.1 Å². The predicted molar refractivity (Wildman–Crippen MR) is 104 cm³/mol. The highest BCUT2D eigenvalue weighted by molar-refractivity contribution is 6.30. The Morgan fingerprint density at radius 2 is 1.86 bits per heavy atom. The van der Waals surface area contributed by atoms with Crippen LogP contribution in [0.1, 0.15) is 18.8 Å². The average Bonchev–Trinajstić information content (AvgIpc) is 2.73. The number of amides is 1. The molecule has 2 heterocycles. The van der Waals surface area contributed by atoms with E-state index >= 15 is 0 Å². The van der Waals surface area contributed by atoms with Crippen LogP contribution in [0.15, 0.2) is 54.6 Å². The molecule has 0 aromatic heterocycles. The summed E-state index contributed by atoms with van der Waals surface area (Å²) < 4.78 is 23.7. The summed E-state index contributed by atoms with van der Waals surface area (Å²) in [5, 5.41) is 14.3. The fourth-order valence-electron chi connectivity index (χ4n) is 3.51. The van der Waals surface area contributed by atoms with Gasteiger partial charge in [-0.1, -0.05) is 41.9 Å². The number of hydrogen-bond donors (Lipinski definition) is 2. The molecule has 0 aliphatic carbocycles. The van der Waals surface area contributed by atoms with Crippen LogP contribution >= 0.6 is 11.6 Å². The molecule has 2 saturated heterocycles. The van der Waals surface area contributed by atoms with Gasteiger partial charge in [-0.3, -0.25) is 4.79 Å². The fourth-order valence-corrected chi connectivity index (χ4v) is 3.63. The van der Waals surface area contributed by atoms with Gasteiger partial charge in [-0.2, -0.15) is 0 Å². The third-order valence-electron chi connectivity index (χ3n) is 4.87. The Labute approximate surface area is 173 Å². The third kappa shape index (κ3) is 4.55. The molecule has 2 fully saturated rings. The molecule has 154 valence electrons. The molecule has 1 amide bonds. The van der Waals surface area contributed by atoms with Crippen molar-refractivity contribution in [1.29, 1.82) is 0 Å². The van der Waals surface area contributed by atoms with Crippen LogP contribution in [0.25, 0.3) is 0 Å². The molecule has 6 atom stereocenters. The third-order valence-corrected chi connectivity index (χ3v) is 5.13.